The molecule has 2 heterocycles. The molecule has 1 spiro atoms. The largest absolute Gasteiger partial charge is 0.328 e. The fraction of sp³-hybridized carbons (Fsp3) is 0.333. The normalized spacial score (nSPS) is 23.3. The zero-order valence-electron chi connectivity index (χ0n) is 14.3. The number of nitrogens with one attached hydrogen (secondary N) is 1. The molecule has 0 radical (unpaired) electrons. The third-order valence-electron chi connectivity index (χ3n) is 4.93. The molecule has 0 unspecified atom stereocenters. The second-order valence-electron chi connectivity index (χ2n) is 6.91. The van der Waals surface area contributed by atoms with Gasteiger partial charge in [-0.1, -0.05) is 11.6 Å². The van der Waals surface area contributed by atoms with Crippen LogP contribution in [0.2, 0.25) is 5.02 Å². The van der Waals surface area contributed by atoms with Crippen LogP contribution < -0.4 is 5.32 Å². The summed E-state index contributed by atoms with van der Waals surface area (Å²) in [5, 5.41) is 2.35. The van der Waals surface area contributed by atoms with Crippen molar-refractivity contribution in [3.63, 3.8) is 0 Å². The smallest absolute Gasteiger partial charge is 0.254 e. The number of carbonyl (C=O) groups excluding carboxylic acids is 2. The highest BCUT2D eigenvalue weighted by Crippen LogP contribution is 2.55. The molecule has 1 fully saturated rings. The molecule has 9 heteroatoms. The number of alkyl halides is 1. The molecule has 1 aliphatic carbocycles. The van der Waals surface area contributed by atoms with E-state index in [1.165, 1.54) is 17.0 Å². The molecule has 4 rings (SSSR count). The van der Waals surface area contributed by atoms with E-state index in [9.17, 15) is 18.4 Å². The van der Waals surface area contributed by atoms with Crippen LogP contribution in [0.15, 0.2) is 24.5 Å². The summed E-state index contributed by atoms with van der Waals surface area (Å²) < 4.78 is 28.7. The minimum atomic E-state index is -1.29. The zero-order chi connectivity index (χ0) is 19.3. The summed E-state index contributed by atoms with van der Waals surface area (Å²) >= 11 is 5.82. The maximum Gasteiger partial charge on any atom is 0.254 e. The summed E-state index contributed by atoms with van der Waals surface area (Å²) in [6.07, 6.45) is 1.89. The number of halogens is 3. The van der Waals surface area contributed by atoms with Gasteiger partial charge in [0.05, 0.1) is 10.4 Å². The van der Waals surface area contributed by atoms with Crippen LogP contribution in [0, 0.1) is 12.7 Å². The van der Waals surface area contributed by atoms with Crippen molar-refractivity contribution >= 4 is 29.4 Å². The fourth-order valence-electron chi connectivity index (χ4n) is 3.48. The average molecular weight is 393 g/mol. The number of benzene rings is 1. The molecule has 1 saturated carbocycles. The third kappa shape index (κ3) is 2.93. The standard InChI is InChI=1S/C18H15ClF2N4O2/c1-9-5-22-17(23-6-9)24-13(26)7-25-8-18(4-12(18)20)14-10(16(25)27)2-3-11(19)15(14)21/h2-3,5-6,12H,4,7-8H2,1H3,(H,22,23,24,26)/t12-,18+/m0/s1. The van der Waals surface area contributed by atoms with Gasteiger partial charge in [0, 0.05) is 30.1 Å². The molecular formula is C18H15ClF2N4O2. The van der Waals surface area contributed by atoms with Gasteiger partial charge >= 0.3 is 0 Å². The summed E-state index contributed by atoms with van der Waals surface area (Å²) in [7, 11) is 0. The number of anilines is 1. The van der Waals surface area contributed by atoms with E-state index in [-0.39, 0.29) is 41.6 Å². The lowest BCUT2D eigenvalue weighted by molar-refractivity contribution is -0.117. The van der Waals surface area contributed by atoms with E-state index in [4.69, 9.17) is 11.6 Å². The van der Waals surface area contributed by atoms with Gasteiger partial charge in [-0.05, 0) is 31.0 Å². The number of rotatable bonds is 3. The first-order chi connectivity index (χ1) is 12.8. The summed E-state index contributed by atoms with van der Waals surface area (Å²) in [4.78, 5) is 34.2. The molecule has 1 aliphatic heterocycles. The van der Waals surface area contributed by atoms with Crippen molar-refractivity contribution in [1.82, 2.24) is 14.9 Å². The molecule has 27 heavy (non-hydrogen) atoms. The second kappa shape index (κ2) is 6.23. The Morgan fingerprint density at radius 3 is 2.70 bits per heavy atom. The third-order valence-corrected chi connectivity index (χ3v) is 5.22. The highest BCUT2D eigenvalue weighted by molar-refractivity contribution is 6.31. The van der Waals surface area contributed by atoms with Gasteiger partial charge in [0.2, 0.25) is 11.9 Å². The van der Waals surface area contributed by atoms with Gasteiger partial charge in [-0.25, -0.2) is 18.7 Å². The van der Waals surface area contributed by atoms with Gasteiger partial charge in [0.25, 0.3) is 5.91 Å². The minimum Gasteiger partial charge on any atom is -0.328 e. The molecular weight excluding hydrogens is 378 g/mol. The van der Waals surface area contributed by atoms with Gasteiger partial charge in [-0.3, -0.25) is 14.9 Å². The van der Waals surface area contributed by atoms with Crippen LogP contribution in [0.1, 0.15) is 27.9 Å². The Labute approximate surface area is 158 Å². The van der Waals surface area contributed by atoms with Crippen molar-refractivity contribution in [2.75, 3.05) is 18.4 Å². The Morgan fingerprint density at radius 1 is 1.41 bits per heavy atom. The van der Waals surface area contributed by atoms with Crippen LogP contribution in [0.3, 0.4) is 0 Å². The molecule has 140 valence electrons. The summed E-state index contributed by atoms with van der Waals surface area (Å²) in [5.74, 6) is -1.71. The molecule has 2 amide bonds. The average Bonchev–Trinajstić information content (AvgIpc) is 3.26. The van der Waals surface area contributed by atoms with E-state index >= 15 is 0 Å². The molecule has 1 aromatic heterocycles. The first-order valence-electron chi connectivity index (χ1n) is 8.32. The summed E-state index contributed by atoms with van der Waals surface area (Å²) in [6, 6.07) is 2.64. The monoisotopic (exact) mass is 392 g/mol. The number of amides is 2. The van der Waals surface area contributed by atoms with Crippen LogP contribution in [0.5, 0.6) is 0 Å². The van der Waals surface area contributed by atoms with Gasteiger partial charge in [-0.15, -0.1) is 0 Å². The topological polar surface area (TPSA) is 75.2 Å². The minimum absolute atomic E-state index is 0.0195. The molecule has 6 nitrogen and oxygen atoms in total. The summed E-state index contributed by atoms with van der Waals surface area (Å²) in [6.45, 7) is 1.41. The van der Waals surface area contributed by atoms with Crippen LogP contribution in [0.4, 0.5) is 14.7 Å². The van der Waals surface area contributed by atoms with Crippen molar-refractivity contribution in [2.24, 2.45) is 0 Å². The molecule has 0 saturated heterocycles. The molecule has 1 aromatic carbocycles. The molecule has 2 aromatic rings. The van der Waals surface area contributed by atoms with Crippen LogP contribution in [-0.2, 0) is 10.2 Å². The van der Waals surface area contributed by atoms with E-state index in [0.29, 0.717) is 0 Å². The molecule has 0 bridgehead atoms. The first kappa shape index (κ1) is 17.8. The van der Waals surface area contributed by atoms with Crippen molar-refractivity contribution < 1.29 is 18.4 Å². The quantitative estimate of drug-likeness (QED) is 0.871. The number of carbonyl (C=O) groups is 2. The zero-order valence-corrected chi connectivity index (χ0v) is 15.1. The predicted molar refractivity (Wildman–Crippen MR) is 93.9 cm³/mol. The lowest BCUT2D eigenvalue weighted by Crippen LogP contribution is -2.48. The second-order valence-corrected chi connectivity index (χ2v) is 7.31. The van der Waals surface area contributed by atoms with E-state index in [1.54, 1.807) is 12.4 Å². The predicted octanol–water partition coefficient (Wildman–Crippen LogP) is 2.65. The fourth-order valence-corrected chi connectivity index (χ4v) is 3.64. The number of hydrogen-bond donors (Lipinski definition) is 1. The van der Waals surface area contributed by atoms with E-state index in [1.807, 2.05) is 6.92 Å². The Kier molecular flexibility index (Phi) is 4.10. The maximum atomic E-state index is 14.5. The lowest BCUT2D eigenvalue weighted by Gasteiger charge is -2.34. The number of hydrogen-bond acceptors (Lipinski definition) is 4. The van der Waals surface area contributed by atoms with Gasteiger partial charge in [-0.2, -0.15) is 0 Å². The SMILES string of the molecule is Cc1cnc(NC(=O)CN2C[C@@]3(C[C@@H]3F)c3c(ccc(Cl)c3F)C2=O)nc1. The van der Waals surface area contributed by atoms with Crippen LogP contribution >= 0.6 is 11.6 Å². The Morgan fingerprint density at radius 2 is 2.07 bits per heavy atom. The van der Waals surface area contributed by atoms with E-state index in [0.717, 1.165) is 5.56 Å². The van der Waals surface area contributed by atoms with Crippen molar-refractivity contribution in [1.29, 1.82) is 0 Å². The highest BCUT2D eigenvalue weighted by atomic mass is 35.5. The molecule has 1 N–H and O–H groups in total. The Bertz CT molecular complexity index is 953. The van der Waals surface area contributed by atoms with Crippen molar-refractivity contribution in [2.45, 2.75) is 24.9 Å². The number of nitrogens with zero attached hydrogens (tertiary/aromatic N) is 3. The number of aromatic nitrogens is 2. The van der Waals surface area contributed by atoms with Crippen molar-refractivity contribution in [3.8, 4) is 0 Å². The highest BCUT2D eigenvalue weighted by Gasteiger charge is 2.62. The van der Waals surface area contributed by atoms with Crippen LogP contribution in [-0.4, -0.2) is 45.9 Å². The van der Waals surface area contributed by atoms with Gasteiger partial charge < -0.3 is 4.90 Å². The summed E-state index contributed by atoms with van der Waals surface area (Å²) in [5.41, 5.74) is -0.242. The van der Waals surface area contributed by atoms with E-state index in [2.05, 4.69) is 15.3 Å². The van der Waals surface area contributed by atoms with Gasteiger partial charge in [0.1, 0.15) is 18.5 Å². The van der Waals surface area contributed by atoms with Gasteiger partial charge in [0.15, 0.2) is 0 Å². The number of aryl methyl sites for hydroxylation is 1. The lowest BCUT2D eigenvalue weighted by atomic mass is 9.85. The molecule has 2 atom stereocenters. The maximum absolute atomic E-state index is 14.5. The Hall–Kier alpha value is -2.61. The Balaban J connectivity index is 1.58. The van der Waals surface area contributed by atoms with Crippen LogP contribution in [0.25, 0.3) is 0 Å². The molecule has 2 aliphatic rings. The first-order valence-corrected chi connectivity index (χ1v) is 8.70. The number of fused-ring (bicyclic) bond motifs is 2. The van der Waals surface area contributed by atoms with E-state index < -0.39 is 29.2 Å². The van der Waals surface area contributed by atoms with Crippen molar-refractivity contribution in [3.05, 3.63) is 52.1 Å².